The molecule has 0 fully saturated rings. The van der Waals surface area contributed by atoms with E-state index in [-0.39, 0.29) is 38.2 Å². The molecule has 0 saturated heterocycles. The summed E-state index contributed by atoms with van der Waals surface area (Å²) in [5.74, 6) is 0.144. The number of fused-ring (bicyclic) bond motifs is 4. The number of anilines is 2. The van der Waals surface area contributed by atoms with Crippen molar-refractivity contribution >= 4 is 23.4 Å². The number of aromatic nitrogens is 2. The fourth-order valence-electron chi connectivity index (χ4n) is 2.81. The van der Waals surface area contributed by atoms with Crippen molar-refractivity contribution in [3.63, 3.8) is 0 Å². The van der Waals surface area contributed by atoms with E-state index < -0.39 is 22.5 Å². The quantitative estimate of drug-likeness (QED) is 0.435. The molecule has 12 heteroatoms. The summed E-state index contributed by atoms with van der Waals surface area (Å²) < 4.78 is 21.5. The summed E-state index contributed by atoms with van der Waals surface area (Å²) in [6, 6.07) is 4.80. The van der Waals surface area contributed by atoms with Crippen LogP contribution in [0.3, 0.4) is 0 Å². The zero-order valence-corrected chi connectivity index (χ0v) is 16.9. The van der Waals surface area contributed by atoms with Crippen molar-refractivity contribution in [3.8, 4) is 17.5 Å². The molecule has 2 aromatic rings. The third-order valence-corrected chi connectivity index (χ3v) is 4.18. The fraction of sp³-hybridized carbons (Fsp3) is 0.316. The molecule has 12 nitrogen and oxygen atoms in total. The Hall–Kier alpha value is -4.09. The largest absolute Gasteiger partial charge is 0.493 e. The maximum Gasteiger partial charge on any atom is 0.415 e. The number of rotatable bonds is 3. The van der Waals surface area contributed by atoms with Gasteiger partial charge in [-0.2, -0.15) is 9.97 Å². The summed E-state index contributed by atoms with van der Waals surface area (Å²) in [5, 5.41) is 11.7. The molecule has 0 saturated carbocycles. The second-order valence-electron chi connectivity index (χ2n) is 6.18. The van der Waals surface area contributed by atoms with Crippen LogP contribution in [0.1, 0.15) is 12.5 Å². The van der Waals surface area contributed by atoms with Crippen molar-refractivity contribution in [2.45, 2.75) is 13.5 Å². The Morgan fingerprint density at radius 1 is 1.29 bits per heavy atom. The topological polar surface area (TPSA) is 152 Å². The van der Waals surface area contributed by atoms with Gasteiger partial charge >= 0.3 is 17.8 Å². The van der Waals surface area contributed by atoms with Crippen LogP contribution in [0.5, 0.6) is 17.5 Å². The van der Waals surface area contributed by atoms with Gasteiger partial charge in [-0.3, -0.25) is 15.0 Å². The van der Waals surface area contributed by atoms with Crippen molar-refractivity contribution in [1.29, 1.82) is 0 Å². The molecule has 1 aromatic heterocycles. The predicted molar refractivity (Wildman–Crippen MR) is 109 cm³/mol. The molecule has 0 atom stereocenters. The Morgan fingerprint density at radius 2 is 2.03 bits per heavy atom. The number of nitrogen functional groups attached to an aromatic ring is 1. The highest BCUT2D eigenvalue weighted by atomic mass is 16.6. The number of nitrogens with two attached hydrogens (primary N) is 1. The van der Waals surface area contributed by atoms with Crippen LogP contribution in [0.2, 0.25) is 0 Å². The lowest BCUT2D eigenvalue weighted by molar-refractivity contribution is -0.383. The van der Waals surface area contributed by atoms with Crippen LogP contribution < -0.4 is 24.8 Å². The van der Waals surface area contributed by atoms with Crippen LogP contribution in [0.15, 0.2) is 30.4 Å². The van der Waals surface area contributed by atoms with E-state index in [4.69, 9.17) is 24.7 Å². The summed E-state index contributed by atoms with van der Waals surface area (Å²) in [6.45, 7) is 1.83. The van der Waals surface area contributed by atoms with E-state index in [1.807, 2.05) is 0 Å². The number of benzene rings is 1. The highest BCUT2D eigenvalue weighted by Crippen LogP contribution is 2.35. The van der Waals surface area contributed by atoms with Crippen LogP contribution >= 0.6 is 0 Å². The Bertz CT molecular complexity index is 1010. The molecule has 0 unspecified atom stereocenters. The van der Waals surface area contributed by atoms with E-state index in [9.17, 15) is 14.9 Å². The van der Waals surface area contributed by atoms with E-state index >= 15 is 0 Å². The zero-order chi connectivity index (χ0) is 22.4. The average molecular weight is 431 g/mol. The van der Waals surface area contributed by atoms with Crippen LogP contribution in [0.4, 0.5) is 22.1 Å². The Morgan fingerprint density at radius 3 is 2.71 bits per heavy atom. The maximum absolute atomic E-state index is 12.7. The second-order valence-corrected chi connectivity index (χ2v) is 6.18. The highest BCUT2D eigenvalue weighted by molar-refractivity contribution is 5.90. The van der Waals surface area contributed by atoms with Gasteiger partial charge in [-0.1, -0.05) is 6.07 Å². The number of hydrogen-bond acceptors (Lipinski definition) is 10. The number of ether oxygens (including phenoxy) is 4. The van der Waals surface area contributed by atoms with E-state index in [1.54, 1.807) is 37.3 Å². The second kappa shape index (κ2) is 9.61. The van der Waals surface area contributed by atoms with Crippen LogP contribution in [0.25, 0.3) is 0 Å². The lowest BCUT2D eigenvalue weighted by atomic mass is 10.2. The van der Waals surface area contributed by atoms with Gasteiger partial charge in [0.2, 0.25) is 11.6 Å². The first-order valence-corrected chi connectivity index (χ1v) is 9.28. The number of hydrogen-bond donors (Lipinski definition) is 1. The van der Waals surface area contributed by atoms with Gasteiger partial charge < -0.3 is 24.7 Å². The molecule has 1 amide bonds. The molecular formula is C19H21N5O7. The Kier molecular flexibility index (Phi) is 6.70. The third-order valence-electron chi connectivity index (χ3n) is 4.18. The predicted octanol–water partition coefficient (Wildman–Crippen LogP) is 2.47. The molecule has 0 spiro atoms. The lowest BCUT2D eigenvalue weighted by Crippen LogP contribution is -2.33. The van der Waals surface area contributed by atoms with Gasteiger partial charge in [0.15, 0.2) is 11.5 Å². The summed E-state index contributed by atoms with van der Waals surface area (Å²) >= 11 is 0. The molecular weight excluding hydrogens is 410 g/mol. The average Bonchev–Trinajstić information content (AvgIpc) is 2.73. The van der Waals surface area contributed by atoms with Gasteiger partial charge in [0.05, 0.1) is 25.2 Å². The van der Waals surface area contributed by atoms with Crippen LogP contribution in [-0.2, 0) is 11.3 Å². The Balaban J connectivity index is 2.18. The number of carbonyl (C=O) groups is 1. The van der Waals surface area contributed by atoms with Crippen LogP contribution in [-0.4, -0.2) is 47.9 Å². The van der Waals surface area contributed by atoms with Gasteiger partial charge in [-0.25, -0.2) is 4.79 Å². The molecule has 2 heterocycles. The first kappa shape index (κ1) is 21.6. The van der Waals surface area contributed by atoms with Gasteiger partial charge in [-0.05, 0) is 36.8 Å². The van der Waals surface area contributed by atoms with E-state index in [2.05, 4.69) is 9.97 Å². The minimum Gasteiger partial charge on any atom is -0.493 e. The van der Waals surface area contributed by atoms with E-state index in [1.165, 1.54) is 7.11 Å². The molecule has 2 N–H and O–H groups in total. The third kappa shape index (κ3) is 4.91. The molecule has 164 valence electrons. The molecule has 1 aliphatic rings. The van der Waals surface area contributed by atoms with Crippen molar-refractivity contribution in [3.05, 3.63) is 46.0 Å². The maximum atomic E-state index is 12.7. The summed E-state index contributed by atoms with van der Waals surface area (Å²) in [7, 11) is 1.50. The lowest BCUT2D eigenvalue weighted by Gasteiger charge is -2.22. The van der Waals surface area contributed by atoms with E-state index in [0.29, 0.717) is 17.1 Å². The van der Waals surface area contributed by atoms with Gasteiger partial charge in [0.1, 0.15) is 13.2 Å². The molecule has 4 bridgehead atoms. The summed E-state index contributed by atoms with van der Waals surface area (Å²) in [4.78, 5) is 32.5. The molecule has 31 heavy (non-hydrogen) atoms. The molecule has 1 aliphatic heterocycles. The number of amides is 1. The van der Waals surface area contributed by atoms with Crippen molar-refractivity contribution in [2.75, 3.05) is 37.6 Å². The number of methoxy groups -OCH3 is 1. The normalized spacial score (nSPS) is 14.5. The monoisotopic (exact) mass is 431 g/mol. The molecule has 3 rings (SSSR count). The Labute approximate surface area is 177 Å². The summed E-state index contributed by atoms with van der Waals surface area (Å²) in [6.07, 6.45) is 2.53. The van der Waals surface area contributed by atoms with Gasteiger partial charge in [0.25, 0.3) is 0 Å². The first-order valence-electron chi connectivity index (χ1n) is 9.28. The van der Waals surface area contributed by atoms with Crippen molar-refractivity contribution < 1.29 is 28.7 Å². The number of nitrogens with zero attached hydrogens (tertiary/aromatic N) is 4. The SMILES string of the molecule is CCOC(=O)N1Cc2ccc(OC)c(c2)OC/C=C\COc2nc(N)c([N+](=O)[O-])c1n2. The first-order chi connectivity index (χ1) is 14.9. The smallest absolute Gasteiger partial charge is 0.415 e. The minimum absolute atomic E-state index is 0.0504. The van der Waals surface area contributed by atoms with Gasteiger partial charge in [-0.15, -0.1) is 0 Å². The molecule has 0 radical (unpaired) electrons. The fourth-order valence-corrected chi connectivity index (χ4v) is 2.81. The van der Waals surface area contributed by atoms with Crippen molar-refractivity contribution in [2.24, 2.45) is 0 Å². The van der Waals surface area contributed by atoms with Crippen molar-refractivity contribution in [1.82, 2.24) is 9.97 Å². The number of carbonyl (C=O) groups excluding carboxylic acids is 1. The van der Waals surface area contributed by atoms with Crippen LogP contribution in [0, 0.1) is 10.1 Å². The summed E-state index contributed by atoms with van der Waals surface area (Å²) in [5.41, 5.74) is 5.75. The van der Waals surface area contributed by atoms with Gasteiger partial charge in [0, 0.05) is 0 Å². The standard InChI is InChI=1S/C19H21N5O7/c1-3-29-19(25)23-11-12-6-7-13(28-2)14(10-12)30-8-4-5-9-31-18-21-16(20)15(24(26)27)17(23)22-18/h4-7,10H,3,8-9,11H2,1-2H3,(H2,20,21,22)/b5-4-. The zero-order valence-electron chi connectivity index (χ0n) is 16.9. The number of nitro groups is 1. The minimum atomic E-state index is -0.847. The molecule has 1 aromatic carbocycles. The molecule has 0 aliphatic carbocycles. The van der Waals surface area contributed by atoms with E-state index in [0.717, 1.165) is 4.90 Å². The highest BCUT2D eigenvalue weighted by Gasteiger charge is 2.32.